The minimum atomic E-state index is -1.000. The second-order valence-corrected chi connectivity index (χ2v) is 4.69. The van der Waals surface area contributed by atoms with Crippen molar-refractivity contribution < 1.29 is 14.7 Å². The molecule has 0 saturated heterocycles. The van der Waals surface area contributed by atoms with E-state index in [1.165, 1.54) is 6.08 Å². The molecular weight excluding hydrogens is 242 g/mol. The molecule has 4 nitrogen and oxygen atoms in total. The highest BCUT2D eigenvalue weighted by atomic mass is 16.4. The predicted molar refractivity (Wildman–Crippen MR) is 74.4 cm³/mol. The molecule has 0 bridgehead atoms. The Hall–Kier alpha value is -1.94. The fraction of sp³-hybridized carbons (Fsp3) is 0.333. The SMILES string of the molecule is Cc1ccc(C(=O)C(CC=CC(=O)O)N(C)C)cc1. The third kappa shape index (κ3) is 4.67. The van der Waals surface area contributed by atoms with Crippen molar-refractivity contribution in [1.82, 2.24) is 4.90 Å². The largest absolute Gasteiger partial charge is 0.478 e. The minimum Gasteiger partial charge on any atom is -0.478 e. The Morgan fingerprint density at radius 1 is 1.26 bits per heavy atom. The van der Waals surface area contributed by atoms with Crippen LogP contribution < -0.4 is 0 Å². The summed E-state index contributed by atoms with van der Waals surface area (Å²) >= 11 is 0. The Labute approximate surface area is 113 Å². The van der Waals surface area contributed by atoms with Gasteiger partial charge in [0, 0.05) is 11.6 Å². The highest BCUT2D eigenvalue weighted by Crippen LogP contribution is 2.12. The highest BCUT2D eigenvalue weighted by molar-refractivity contribution is 6.00. The first-order valence-corrected chi connectivity index (χ1v) is 6.08. The molecule has 0 radical (unpaired) electrons. The molecule has 19 heavy (non-hydrogen) atoms. The van der Waals surface area contributed by atoms with E-state index in [2.05, 4.69) is 0 Å². The molecule has 1 aromatic rings. The van der Waals surface area contributed by atoms with Crippen molar-refractivity contribution in [2.75, 3.05) is 14.1 Å². The van der Waals surface area contributed by atoms with Gasteiger partial charge in [0.25, 0.3) is 0 Å². The predicted octanol–water partition coefficient (Wildman–Crippen LogP) is 2.14. The first-order valence-electron chi connectivity index (χ1n) is 6.08. The number of carbonyl (C=O) groups is 2. The van der Waals surface area contributed by atoms with Gasteiger partial charge in [-0.15, -0.1) is 0 Å². The van der Waals surface area contributed by atoms with Crippen LogP contribution in [0.4, 0.5) is 0 Å². The van der Waals surface area contributed by atoms with Gasteiger partial charge in [0.05, 0.1) is 6.04 Å². The molecule has 0 saturated carbocycles. The Kier molecular flexibility index (Phi) is 5.45. The number of Topliss-reactive ketones (excluding diaryl/α,β-unsaturated/α-hetero) is 1. The van der Waals surface area contributed by atoms with Gasteiger partial charge in [0.2, 0.25) is 0 Å². The van der Waals surface area contributed by atoms with E-state index >= 15 is 0 Å². The normalized spacial score (nSPS) is 12.8. The molecule has 0 amide bonds. The number of hydrogen-bond acceptors (Lipinski definition) is 3. The summed E-state index contributed by atoms with van der Waals surface area (Å²) in [5, 5.41) is 8.57. The van der Waals surface area contributed by atoms with Crippen LogP contribution in [0.25, 0.3) is 0 Å². The van der Waals surface area contributed by atoms with Gasteiger partial charge in [-0.3, -0.25) is 9.69 Å². The summed E-state index contributed by atoms with van der Waals surface area (Å²) in [5.41, 5.74) is 1.75. The fourth-order valence-corrected chi connectivity index (χ4v) is 1.76. The minimum absolute atomic E-state index is 0.0000359. The molecule has 102 valence electrons. The van der Waals surface area contributed by atoms with Gasteiger partial charge in [-0.25, -0.2) is 4.79 Å². The zero-order valence-electron chi connectivity index (χ0n) is 11.5. The molecule has 0 aliphatic rings. The van der Waals surface area contributed by atoms with Crippen molar-refractivity contribution in [2.45, 2.75) is 19.4 Å². The van der Waals surface area contributed by atoms with Crippen LogP contribution in [0.5, 0.6) is 0 Å². The van der Waals surface area contributed by atoms with Gasteiger partial charge in [-0.05, 0) is 27.4 Å². The number of hydrogen-bond donors (Lipinski definition) is 1. The van der Waals surface area contributed by atoms with E-state index in [0.717, 1.165) is 11.6 Å². The number of carboxylic acid groups (broad SMARTS) is 1. The van der Waals surface area contributed by atoms with E-state index in [0.29, 0.717) is 12.0 Å². The lowest BCUT2D eigenvalue weighted by atomic mass is 9.99. The molecule has 4 heteroatoms. The van der Waals surface area contributed by atoms with Crippen molar-refractivity contribution in [3.63, 3.8) is 0 Å². The third-order valence-corrected chi connectivity index (χ3v) is 2.88. The van der Waals surface area contributed by atoms with Crippen LogP contribution in [0.1, 0.15) is 22.3 Å². The molecule has 0 aromatic heterocycles. The van der Waals surface area contributed by atoms with E-state index in [1.54, 1.807) is 17.0 Å². The molecule has 0 spiro atoms. The number of ketones is 1. The fourth-order valence-electron chi connectivity index (χ4n) is 1.76. The topological polar surface area (TPSA) is 57.6 Å². The summed E-state index contributed by atoms with van der Waals surface area (Å²) in [6, 6.07) is 7.04. The van der Waals surface area contributed by atoms with E-state index in [4.69, 9.17) is 5.11 Å². The van der Waals surface area contributed by atoms with Crippen molar-refractivity contribution in [1.29, 1.82) is 0 Å². The number of aryl methyl sites for hydroxylation is 1. The maximum Gasteiger partial charge on any atom is 0.327 e. The molecule has 0 aliphatic heterocycles. The van der Waals surface area contributed by atoms with Crippen LogP contribution in [-0.4, -0.2) is 41.9 Å². The lowest BCUT2D eigenvalue weighted by Crippen LogP contribution is -2.35. The van der Waals surface area contributed by atoms with Gasteiger partial charge in [-0.2, -0.15) is 0 Å². The van der Waals surface area contributed by atoms with Crippen molar-refractivity contribution >= 4 is 11.8 Å². The summed E-state index contributed by atoms with van der Waals surface area (Å²) in [6.45, 7) is 1.97. The number of rotatable bonds is 6. The highest BCUT2D eigenvalue weighted by Gasteiger charge is 2.20. The quantitative estimate of drug-likeness (QED) is 0.629. The number of likely N-dealkylation sites (N-methyl/N-ethyl adjacent to an activating group) is 1. The van der Waals surface area contributed by atoms with Crippen LogP contribution in [0, 0.1) is 6.92 Å². The monoisotopic (exact) mass is 261 g/mol. The lowest BCUT2D eigenvalue weighted by Gasteiger charge is -2.21. The Morgan fingerprint density at radius 2 is 1.84 bits per heavy atom. The lowest BCUT2D eigenvalue weighted by molar-refractivity contribution is -0.131. The first-order chi connectivity index (χ1) is 8.91. The Bertz CT molecular complexity index is 475. The van der Waals surface area contributed by atoms with Crippen LogP contribution in [-0.2, 0) is 4.79 Å². The van der Waals surface area contributed by atoms with Gasteiger partial charge in [-0.1, -0.05) is 35.9 Å². The first kappa shape index (κ1) is 15.1. The number of carbonyl (C=O) groups excluding carboxylic acids is 1. The second-order valence-electron chi connectivity index (χ2n) is 4.69. The summed E-state index contributed by atoms with van der Waals surface area (Å²) in [6.07, 6.45) is 2.96. The standard InChI is InChI=1S/C15H19NO3/c1-11-7-9-12(10-8-11)15(19)13(16(2)3)5-4-6-14(17)18/h4,6-10,13H,5H2,1-3H3,(H,17,18). The summed E-state index contributed by atoms with van der Waals surface area (Å²) in [7, 11) is 3.62. The number of carboxylic acids is 1. The second kappa shape index (κ2) is 6.85. The maximum atomic E-state index is 12.4. The molecular formula is C15H19NO3. The van der Waals surface area contributed by atoms with Crippen molar-refractivity contribution in [3.8, 4) is 0 Å². The molecule has 1 rings (SSSR count). The zero-order chi connectivity index (χ0) is 14.4. The number of aliphatic carboxylic acids is 1. The van der Waals surface area contributed by atoms with E-state index in [9.17, 15) is 9.59 Å². The van der Waals surface area contributed by atoms with Crippen LogP contribution in [0.3, 0.4) is 0 Å². The van der Waals surface area contributed by atoms with Gasteiger partial charge < -0.3 is 5.11 Å². The molecule has 1 unspecified atom stereocenters. The van der Waals surface area contributed by atoms with Gasteiger partial charge in [0.1, 0.15) is 0 Å². The van der Waals surface area contributed by atoms with E-state index in [1.807, 2.05) is 33.2 Å². The average molecular weight is 261 g/mol. The molecule has 0 fully saturated rings. The van der Waals surface area contributed by atoms with Crippen LogP contribution in [0.15, 0.2) is 36.4 Å². The van der Waals surface area contributed by atoms with Crippen LogP contribution >= 0.6 is 0 Å². The van der Waals surface area contributed by atoms with Gasteiger partial charge in [0.15, 0.2) is 5.78 Å². The third-order valence-electron chi connectivity index (χ3n) is 2.88. The maximum absolute atomic E-state index is 12.4. The number of benzene rings is 1. The summed E-state index contributed by atoms with van der Waals surface area (Å²) in [5.74, 6) is -1.000. The number of nitrogens with zero attached hydrogens (tertiary/aromatic N) is 1. The van der Waals surface area contributed by atoms with Crippen molar-refractivity contribution in [2.24, 2.45) is 0 Å². The van der Waals surface area contributed by atoms with E-state index in [-0.39, 0.29) is 11.8 Å². The molecule has 1 aromatic carbocycles. The van der Waals surface area contributed by atoms with E-state index < -0.39 is 5.97 Å². The molecule has 1 atom stereocenters. The summed E-state index contributed by atoms with van der Waals surface area (Å²) < 4.78 is 0. The van der Waals surface area contributed by atoms with Gasteiger partial charge >= 0.3 is 5.97 Å². The molecule has 0 heterocycles. The molecule has 1 N–H and O–H groups in total. The summed E-state index contributed by atoms with van der Waals surface area (Å²) in [4.78, 5) is 24.6. The van der Waals surface area contributed by atoms with Crippen molar-refractivity contribution in [3.05, 3.63) is 47.5 Å². The Balaban J connectivity index is 2.84. The Morgan fingerprint density at radius 3 is 2.32 bits per heavy atom. The smallest absolute Gasteiger partial charge is 0.327 e. The zero-order valence-corrected chi connectivity index (χ0v) is 11.5. The molecule has 0 aliphatic carbocycles. The van der Waals surface area contributed by atoms with Crippen LogP contribution in [0.2, 0.25) is 0 Å². The average Bonchev–Trinajstić information content (AvgIpc) is 2.34.